The van der Waals surface area contributed by atoms with E-state index < -0.39 is 18.0 Å². The van der Waals surface area contributed by atoms with E-state index in [9.17, 15) is 14.7 Å². The standard InChI is InChI=1S/C23H26ClNO5/c1-4-30-20-8-6-5-7-17(20)23(29)18-13-16(24)9-10-19(18)25(14-15(2)3)21(26)11-12-22(27)28/h5-13,15,23,29H,4,14H2,1-3H3,(H,27,28). The van der Waals surface area contributed by atoms with Crippen LogP contribution in [-0.4, -0.2) is 35.2 Å². The molecule has 0 aliphatic rings. The summed E-state index contributed by atoms with van der Waals surface area (Å²) < 4.78 is 5.64. The maximum absolute atomic E-state index is 12.8. The smallest absolute Gasteiger partial charge is 0.328 e. The number of aliphatic carboxylic acids is 1. The zero-order chi connectivity index (χ0) is 22.3. The lowest BCUT2D eigenvalue weighted by Crippen LogP contribution is -2.34. The van der Waals surface area contributed by atoms with Crippen LogP contribution in [0.25, 0.3) is 0 Å². The lowest BCUT2D eigenvalue weighted by Gasteiger charge is -2.28. The molecule has 0 saturated heterocycles. The van der Waals surface area contributed by atoms with E-state index in [1.165, 1.54) is 4.90 Å². The van der Waals surface area contributed by atoms with Gasteiger partial charge in [0.1, 0.15) is 11.9 Å². The molecule has 2 rings (SSSR count). The minimum Gasteiger partial charge on any atom is -0.493 e. The third-order valence-corrected chi connectivity index (χ3v) is 4.51. The first kappa shape index (κ1) is 23.4. The summed E-state index contributed by atoms with van der Waals surface area (Å²) in [4.78, 5) is 25.1. The maximum Gasteiger partial charge on any atom is 0.328 e. The first-order valence-electron chi connectivity index (χ1n) is 9.66. The van der Waals surface area contributed by atoms with Crippen LogP contribution >= 0.6 is 11.6 Å². The van der Waals surface area contributed by atoms with Gasteiger partial charge >= 0.3 is 5.97 Å². The molecule has 1 unspecified atom stereocenters. The fraction of sp³-hybridized carbons (Fsp3) is 0.304. The highest BCUT2D eigenvalue weighted by atomic mass is 35.5. The molecule has 0 saturated carbocycles. The third kappa shape index (κ3) is 6.08. The van der Waals surface area contributed by atoms with Crippen molar-refractivity contribution < 1.29 is 24.5 Å². The van der Waals surface area contributed by atoms with E-state index in [0.717, 1.165) is 12.2 Å². The molecule has 0 bridgehead atoms. The molecule has 0 heterocycles. The van der Waals surface area contributed by atoms with E-state index in [0.29, 0.717) is 40.7 Å². The normalized spacial score (nSPS) is 12.2. The summed E-state index contributed by atoms with van der Waals surface area (Å²) in [5.41, 5.74) is 1.42. The van der Waals surface area contributed by atoms with Crippen molar-refractivity contribution in [2.45, 2.75) is 26.9 Å². The highest BCUT2D eigenvalue weighted by Crippen LogP contribution is 2.37. The molecule has 0 radical (unpaired) electrons. The fourth-order valence-corrected chi connectivity index (χ4v) is 3.24. The fourth-order valence-electron chi connectivity index (χ4n) is 3.06. The molecule has 160 valence electrons. The molecular weight excluding hydrogens is 406 g/mol. The van der Waals surface area contributed by atoms with E-state index in [4.69, 9.17) is 21.4 Å². The molecule has 1 atom stereocenters. The second kappa shape index (κ2) is 10.8. The largest absolute Gasteiger partial charge is 0.493 e. The van der Waals surface area contributed by atoms with Crippen molar-refractivity contribution in [3.8, 4) is 5.75 Å². The molecular formula is C23H26ClNO5. The number of benzene rings is 2. The SMILES string of the molecule is CCOc1ccccc1C(O)c1cc(Cl)ccc1N(CC(C)C)C(=O)C=CC(=O)O. The van der Waals surface area contributed by atoms with Crippen molar-refractivity contribution in [3.63, 3.8) is 0 Å². The number of rotatable bonds is 9. The summed E-state index contributed by atoms with van der Waals surface area (Å²) >= 11 is 6.20. The van der Waals surface area contributed by atoms with Crippen LogP contribution < -0.4 is 9.64 Å². The van der Waals surface area contributed by atoms with E-state index in [-0.39, 0.29) is 5.92 Å². The van der Waals surface area contributed by atoms with Gasteiger partial charge in [0.05, 0.1) is 12.3 Å². The Morgan fingerprint density at radius 1 is 1.13 bits per heavy atom. The van der Waals surface area contributed by atoms with Crippen LogP contribution in [-0.2, 0) is 9.59 Å². The number of halogens is 1. The maximum atomic E-state index is 12.8. The minimum absolute atomic E-state index is 0.101. The molecule has 0 spiro atoms. The predicted octanol–water partition coefficient (Wildman–Crippen LogP) is 4.45. The van der Waals surface area contributed by atoms with Gasteiger partial charge in [0, 0.05) is 34.8 Å². The van der Waals surface area contributed by atoms with Crippen molar-refractivity contribution in [1.82, 2.24) is 0 Å². The highest BCUT2D eigenvalue weighted by Gasteiger charge is 2.24. The number of anilines is 1. The number of hydrogen-bond acceptors (Lipinski definition) is 4. The lowest BCUT2D eigenvalue weighted by molar-refractivity contribution is -0.131. The number of aliphatic hydroxyl groups excluding tert-OH is 1. The minimum atomic E-state index is -1.21. The van der Waals surface area contributed by atoms with Gasteiger partial charge in [-0.3, -0.25) is 4.79 Å². The summed E-state index contributed by atoms with van der Waals surface area (Å²) in [6.45, 7) is 6.50. The topological polar surface area (TPSA) is 87.1 Å². The molecule has 0 aliphatic heterocycles. The Morgan fingerprint density at radius 3 is 2.47 bits per heavy atom. The Morgan fingerprint density at radius 2 is 1.83 bits per heavy atom. The summed E-state index contributed by atoms with van der Waals surface area (Å²) in [7, 11) is 0. The number of carboxylic acids is 1. The number of carboxylic acid groups (broad SMARTS) is 1. The van der Waals surface area contributed by atoms with Crippen LogP contribution in [0.3, 0.4) is 0 Å². The van der Waals surface area contributed by atoms with Crippen LogP contribution in [0.2, 0.25) is 5.02 Å². The summed E-state index contributed by atoms with van der Waals surface area (Å²) in [6, 6.07) is 12.0. The zero-order valence-corrected chi connectivity index (χ0v) is 18.0. The second-order valence-corrected chi connectivity index (χ2v) is 7.53. The molecule has 0 aromatic heterocycles. The second-order valence-electron chi connectivity index (χ2n) is 7.09. The molecule has 6 nitrogen and oxygen atoms in total. The Hall–Kier alpha value is -2.83. The van der Waals surface area contributed by atoms with Crippen molar-refractivity contribution in [2.24, 2.45) is 5.92 Å². The first-order chi connectivity index (χ1) is 14.2. The van der Waals surface area contributed by atoms with Crippen molar-refractivity contribution in [2.75, 3.05) is 18.1 Å². The van der Waals surface area contributed by atoms with Crippen molar-refractivity contribution in [3.05, 3.63) is 70.8 Å². The van der Waals surface area contributed by atoms with Gasteiger partial charge < -0.3 is 19.8 Å². The number of ether oxygens (including phenoxy) is 1. The quantitative estimate of drug-likeness (QED) is 0.573. The average molecular weight is 432 g/mol. The molecule has 7 heteroatoms. The highest BCUT2D eigenvalue weighted by molar-refractivity contribution is 6.30. The van der Waals surface area contributed by atoms with E-state index in [1.807, 2.05) is 26.8 Å². The van der Waals surface area contributed by atoms with Crippen LogP contribution in [0.1, 0.15) is 38.0 Å². The molecule has 30 heavy (non-hydrogen) atoms. The summed E-state index contributed by atoms with van der Waals surface area (Å²) in [5.74, 6) is -1.08. The van der Waals surface area contributed by atoms with Gasteiger partial charge in [-0.1, -0.05) is 43.6 Å². The zero-order valence-electron chi connectivity index (χ0n) is 17.2. The van der Waals surface area contributed by atoms with Gasteiger partial charge in [-0.15, -0.1) is 0 Å². The van der Waals surface area contributed by atoms with E-state index >= 15 is 0 Å². The third-order valence-electron chi connectivity index (χ3n) is 4.27. The van der Waals surface area contributed by atoms with Gasteiger partial charge in [0.2, 0.25) is 0 Å². The number of hydrogen-bond donors (Lipinski definition) is 2. The number of amides is 1. The van der Waals surface area contributed by atoms with Crippen LogP contribution in [0, 0.1) is 5.92 Å². The van der Waals surface area contributed by atoms with Crippen LogP contribution in [0.5, 0.6) is 5.75 Å². The average Bonchev–Trinajstić information content (AvgIpc) is 2.70. The molecule has 2 N–H and O–H groups in total. The van der Waals surface area contributed by atoms with Gasteiger partial charge in [0.15, 0.2) is 0 Å². The Balaban J connectivity index is 2.58. The van der Waals surface area contributed by atoms with Crippen LogP contribution in [0.15, 0.2) is 54.6 Å². The van der Waals surface area contributed by atoms with E-state index in [2.05, 4.69) is 0 Å². The Bertz CT molecular complexity index is 926. The van der Waals surface area contributed by atoms with Crippen molar-refractivity contribution in [1.29, 1.82) is 0 Å². The number of carbonyl (C=O) groups excluding carboxylic acids is 1. The van der Waals surface area contributed by atoms with Gasteiger partial charge in [0.25, 0.3) is 5.91 Å². The Labute approximate surface area is 181 Å². The van der Waals surface area contributed by atoms with Crippen molar-refractivity contribution >= 4 is 29.2 Å². The molecule has 2 aromatic carbocycles. The number of nitrogens with zero attached hydrogens (tertiary/aromatic N) is 1. The first-order valence-corrected chi connectivity index (χ1v) is 10.0. The number of para-hydroxylation sites is 1. The van der Waals surface area contributed by atoms with Crippen LogP contribution in [0.4, 0.5) is 5.69 Å². The molecule has 2 aromatic rings. The van der Waals surface area contributed by atoms with Gasteiger partial charge in [-0.05, 0) is 37.1 Å². The number of carbonyl (C=O) groups is 2. The predicted molar refractivity (Wildman–Crippen MR) is 117 cm³/mol. The van der Waals surface area contributed by atoms with Gasteiger partial charge in [-0.2, -0.15) is 0 Å². The lowest BCUT2D eigenvalue weighted by atomic mass is 9.97. The monoisotopic (exact) mass is 431 g/mol. The molecule has 0 aliphatic carbocycles. The molecule has 1 amide bonds. The number of aliphatic hydroxyl groups is 1. The Kier molecular flexibility index (Phi) is 8.45. The summed E-state index contributed by atoms with van der Waals surface area (Å²) in [6.07, 6.45) is 0.697. The van der Waals surface area contributed by atoms with Gasteiger partial charge in [-0.25, -0.2) is 4.79 Å². The van der Waals surface area contributed by atoms with E-state index in [1.54, 1.807) is 36.4 Å². The molecule has 0 fully saturated rings. The summed E-state index contributed by atoms with van der Waals surface area (Å²) in [5, 5.41) is 20.5.